The third kappa shape index (κ3) is 4.01. The zero-order valence-corrected chi connectivity index (χ0v) is 15.2. The number of aryl methyl sites for hydroxylation is 2. The lowest BCUT2D eigenvalue weighted by atomic mass is 10.1. The van der Waals surface area contributed by atoms with Crippen LogP contribution in [0, 0.1) is 13.8 Å². The summed E-state index contributed by atoms with van der Waals surface area (Å²) in [6.07, 6.45) is 0. The molecule has 0 saturated heterocycles. The van der Waals surface area contributed by atoms with Gasteiger partial charge in [-0.15, -0.1) is 0 Å². The van der Waals surface area contributed by atoms with Crippen molar-refractivity contribution in [1.29, 1.82) is 0 Å². The third-order valence-corrected chi connectivity index (χ3v) is 3.68. The summed E-state index contributed by atoms with van der Waals surface area (Å²) in [6, 6.07) is 7.92. The van der Waals surface area contributed by atoms with Crippen LogP contribution in [0.3, 0.4) is 0 Å². The Morgan fingerprint density at radius 1 is 1.09 bits per heavy atom. The van der Waals surface area contributed by atoms with E-state index in [9.17, 15) is 4.79 Å². The Bertz CT molecular complexity index is 700. The van der Waals surface area contributed by atoms with Gasteiger partial charge >= 0.3 is 0 Å². The van der Waals surface area contributed by atoms with Gasteiger partial charge in [-0.1, -0.05) is 19.9 Å². The van der Waals surface area contributed by atoms with Crippen LogP contribution in [-0.2, 0) is 5.54 Å². The third-order valence-electron chi connectivity index (χ3n) is 3.68. The van der Waals surface area contributed by atoms with E-state index in [0.29, 0.717) is 11.6 Å². The van der Waals surface area contributed by atoms with Crippen molar-refractivity contribution in [1.82, 2.24) is 9.78 Å². The molecule has 2 rings (SSSR count). The van der Waals surface area contributed by atoms with Crippen LogP contribution in [0.25, 0.3) is 0 Å². The highest BCUT2D eigenvalue weighted by atomic mass is 16.1. The Kier molecular flexibility index (Phi) is 4.64. The van der Waals surface area contributed by atoms with Crippen molar-refractivity contribution in [3.05, 3.63) is 46.8 Å². The van der Waals surface area contributed by atoms with Crippen molar-refractivity contribution in [2.45, 2.75) is 59.9 Å². The number of nitrogens with one attached hydrogen (secondary N) is 1. The summed E-state index contributed by atoms with van der Waals surface area (Å²) in [5, 5.41) is 7.50. The second-order valence-electron chi connectivity index (χ2n) is 7.52. The smallest absolute Gasteiger partial charge is 0.276 e. The van der Waals surface area contributed by atoms with Gasteiger partial charge in [0.15, 0.2) is 5.69 Å². The molecule has 124 valence electrons. The number of benzene rings is 1. The lowest BCUT2D eigenvalue weighted by Gasteiger charge is -2.23. The minimum absolute atomic E-state index is 0.155. The number of carbonyl (C=O) groups excluding carboxylic acids is 1. The van der Waals surface area contributed by atoms with Crippen LogP contribution in [-0.4, -0.2) is 15.7 Å². The summed E-state index contributed by atoms with van der Waals surface area (Å²) in [6.45, 7) is 14.6. The largest absolute Gasteiger partial charge is 0.321 e. The molecule has 0 atom stereocenters. The Morgan fingerprint density at radius 2 is 1.65 bits per heavy atom. The number of aromatic nitrogens is 2. The van der Waals surface area contributed by atoms with E-state index in [-0.39, 0.29) is 11.4 Å². The molecule has 0 fully saturated rings. The van der Waals surface area contributed by atoms with Gasteiger partial charge in [0.1, 0.15) is 0 Å². The molecule has 0 aliphatic heterocycles. The van der Waals surface area contributed by atoms with Crippen molar-refractivity contribution >= 4 is 11.6 Å². The maximum absolute atomic E-state index is 12.6. The molecule has 1 amide bonds. The summed E-state index contributed by atoms with van der Waals surface area (Å²) in [5.41, 5.74) is 4.44. The van der Waals surface area contributed by atoms with E-state index in [0.717, 1.165) is 22.5 Å². The lowest BCUT2D eigenvalue weighted by molar-refractivity contribution is 0.102. The Labute approximate surface area is 138 Å². The number of hydrogen-bond acceptors (Lipinski definition) is 2. The molecule has 1 aromatic carbocycles. The summed E-state index contributed by atoms with van der Waals surface area (Å²) in [4.78, 5) is 12.6. The van der Waals surface area contributed by atoms with Gasteiger partial charge < -0.3 is 5.32 Å². The first kappa shape index (κ1) is 17.3. The van der Waals surface area contributed by atoms with Crippen molar-refractivity contribution in [2.24, 2.45) is 0 Å². The van der Waals surface area contributed by atoms with Crippen molar-refractivity contribution < 1.29 is 4.79 Å². The van der Waals surface area contributed by atoms with Crippen LogP contribution >= 0.6 is 0 Å². The molecule has 4 heteroatoms. The Morgan fingerprint density at radius 3 is 2.09 bits per heavy atom. The molecule has 4 nitrogen and oxygen atoms in total. The molecule has 0 aliphatic rings. The molecule has 1 N–H and O–H groups in total. The summed E-state index contributed by atoms with van der Waals surface area (Å²) in [5.74, 6) is 0.143. The van der Waals surface area contributed by atoms with E-state index in [2.05, 4.69) is 51.1 Å². The van der Waals surface area contributed by atoms with Gasteiger partial charge in [-0.2, -0.15) is 5.10 Å². The topological polar surface area (TPSA) is 46.9 Å². The van der Waals surface area contributed by atoms with Gasteiger partial charge in [0.05, 0.1) is 5.54 Å². The standard InChI is InChI=1S/C19H27N3O/c1-12(2)17-11-16(21-22(17)19(5,6)7)18(23)20-15-9-13(3)8-14(4)10-15/h8-12H,1-7H3,(H,20,23). The van der Waals surface area contributed by atoms with Gasteiger partial charge in [0, 0.05) is 11.4 Å². The average molecular weight is 313 g/mol. The SMILES string of the molecule is Cc1cc(C)cc(NC(=O)c2cc(C(C)C)n(C(C)(C)C)n2)c1. The Balaban J connectivity index is 2.33. The molecule has 0 spiro atoms. The predicted molar refractivity (Wildman–Crippen MR) is 95.2 cm³/mol. The van der Waals surface area contributed by atoms with E-state index in [1.54, 1.807) is 0 Å². The molecular weight excluding hydrogens is 286 g/mol. The van der Waals surface area contributed by atoms with E-state index >= 15 is 0 Å². The molecule has 0 bridgehead atoms. The summed E-state index contributed by atoms with van der Waals surface area (Å²) >= 11 is 0. The molecule has 0 saturated carbocycles. The zero-order chi connectivity index (χ0) is 17.4. The first-order valence-electron chi connectivity index (χ1n) is 8.08. The van der Waals surface area contributed by atoms with Gasteiger partial charge in [-0.25, -0.2) is 0 Å². The van der Waals surface area contributed by atoms with Gasteiger partial charge in [0.2, 0.25) is 0 Å². The van der Waals surface area contributed by atoms with Gasteiger partial charge in [0.25, 0.3) is 5.91 Å². The van der Waals surface area contributed by atoms with Crippen molar-refractivity contribution in [2.75, 3.05) is 5.32 Å². The first-order valence-corrected chi connectivity index (χ1v) is 8.08. The minimum atomic E-state index is -0.167. The van der Waals surface area contributed by atoms with Crippen LogP contribution in [0.5, 0.6) is 0 Å². The fraction of sp³-hybridized carbons (Fsp3) is 0.474. The number of hydrogen-bond donors (Lipinski definition) is 1. The molecule has 1 aromatic heterocycles. The molecule has 23 heavy (non-hydrogen) atoms. The van der Waals surface area contributed by atoms with Crippen LogP contribution in [0.15, 0.2) is 24.3 Å². The fourth-order valence-corrected chi connectivity index (χ4v) is 2.70. The van der Waals surface area contributed by atoms with Gasteiger partial charge in [-0.05, 0) is 69.9 Å². The second-order valence-corrected chi connectivity index (χ2v) is 7.52. The molecule has 0 radical (unpaired) electrons. The number of rotatable bonds is 3. The molecular formula is C19H27N3O. The second kappa shape index (κ2) is 6.19. The van der Waals surface area contributed by atoms with Crippen molar-refractivity contribution in [3.63, 3.8) is 0 Å². The highest BCUT2D eigenvalue weighted by Gasteiger charge is 2.23. The number of nitrogens with zero attached hydrogens (tertiary/aromatic N) is 2. The van der Waals surface area contributed by atoms with Crippen molar-refractivity contribution in [3.8, 4) is 0 Å². The monoisotopic (exact) mass is 313 g/mol. The normalized spacial score (nSPS) is 11.8. The van der Waals surface area contributed by atoms with E-state index in [1.807, 2.05) is 36.7 Å². The van der Waals surface area contributed by atoms with E-state index < -0.39 is 0 Å². The van der Waals surface area contributed by atoms with Crippen LogP contribution in [0.2, 0.25) is 0 Å². The van der Waals surface area contributed by atoms with E-state index in [1.165, 1.54) is 0 Å². The predicted octanol–water partition coefficient (Wildman–Crippen LogP) is 4.63. The van der Waals surface area contributed by atoms with Crippen LogP contribution in [0.4, 0.5) is 5.69 Å². The lowest BCUT2D eigenvalue weighted by Crippen LogP contribution is -2.26. The molecule has 0 aliphatic carbocycles. The first-order chi connectivity index (χ1) is 10.6. The minimum Gasteiger partial charge on any atom is -0.321 e. The summed E-state index contributed by atoms with van der Waals surface area (Å²) < 4.78 is 1.95. The molecule has 2 aromatic rings. The average Bonchev–Trinajstić information content (AvgIpc) is 2.82. The highest BCUT2D eigenvalue weighted by Crippen LogP contribution is 2.24. The fourth-order valence-electron chi connectivity index (χ4n) is 2.70. The molecule has 1 heterocycles. The van der Waals surface area contributed by atoms with E-state index in [4.69, 9.17) is 0 Å². The number of anilines is 1. The number of amides is 1. The van der Waals surface area contributed by atoms with Crippen LogP contribution in [0.1, 0.15) is 67.8 Å². The quantitative estimate of drug-likeness (QED) is 0.898. The van der Waals surface area contributed by atoms with Gasteiger partial charge in [-0.3, -0.25) is 9.48 Å². The maximum Gasteiger partial charge on any atom is 0.276 e. The highest BCUT2D eigenvalue weighted by molar-refractivity contribution is 6.03. The maximum atomic E-state index is 12.6. The molecule has 0 unspecified atom stereocenters. The summed E-state index contributed by atoms with van der Waals surface area (Å²) in [7, 11) is 0. The van der Waals surface area contributed by atoms with Crippen LogP contribution < -0.4 is 5.32 Å². The number of carbonyl (C=O) groups is 1. The Hall–Kier alpha value is -2.10. The zero-order valence-electron chi connectivity index (χ0n) is 15.2.